The van der Waals surface area contributed by atoms with Gasteiger partial charge in [0, 0.05) is 23.7 Å². The first-order chi connectivity index (χ1) is 13.1. The highest BCUT2D eigenvalue weighted by Crippen LogP contribution is 2.09. The summed E-state index contributed by atoms with van der Waals surface area (Å²) in [5.74, 6) is -0.565. The quantitative estimate of drug-likeness (QED) is 0.612. The molecule has 0 bridgehead atoms. The second-order valence-electron chi connectivity index (χ2n) is 5.81. The van der Waals surface area contributed by atoms with Crippen molar-refractivity contribution in [2.75, 3.05) is 13.1 Å². The molecule has 0 saturated heterocycles. The molecule has 0 spiro atoms. The summed E-state index contributed by atoms with van der Waals surface area (Å²) in [5, 5.41) is 13.8. The summed E-state index contributed by atoms with van der Waals surface area (Å²) < 4.78 is 1.60. The molecule has 1 aromatic heterocycles. The minimum Gasteiger partial charge on any atom is -0.350 e. The number of benzene rings is 2. The van der Waals surface area contributed by atoms with Gasteiger partial charge < -0.3 is 10.6 Å². The highest BCUT2D eigenvalue weighted by atomic mass is 35.5. The molecule has 0 unspecified atom stereocenters. The third-order valence-electron chi connectivity index (χ3n) is 3.76. The molecular formula is C19H18ClN5O2. The van der Waals surface area contributed by atoms with Gasteiger partial charge >= 0.3 is 0 Å². The Hall–Kier alpha value is -3.19. The topological polar surface area (TPSA) is 88.9 Å². The average Bonchev–Trinajstić information content (AvgIpc) is 3.15. The van der Waals surface area contributed by atoms with Crippen molar-refractivity contribution in [1.82, 2.24) is 25.6 Å². The summed E-state index contributed by atoms with van der Waals surface area (Å²) in [7, 11) is 0. The van der Waals surface area contributed by atoms with Gasteiger partial charge in [-0.05, 0) is 29.8 Å². The highest BCUT2D eigenvalue weighted by Gasteiger charge is 2.11. The molecule has 2 N–H and O–H groups in total. The van der Waals surface area contributed by atoms with Gasteiger partial charge in [0.25, 0.3) is 11.8 Å². The van der Waals surface area contributed by atoms with E-state index in [1.165, 1.54) is 0 Å². The molecule has 0 atom stereocenters. The number of carbonyl (C=O) groups is 2. The van der Waals surface area contributed by atoms with Crippen LogP contribution in [-0.2, 0) is 6.54 Å². The summed E-state index contributed by atoms with van der Waals surface area (Å²) in [6, 6.07) is 16.4. The average molecular weight is 384 g/mol. The molecule has 7 nitrogen and oxygen atoms in total. The first-order valence-corrected chi connectivity index (χ1v) is 8.75. The Morgan fingerprint density at radius 1 is 0.926 bits per heavy atom. The third-order valence-corrected chi connectivity index (χ3v) is 4.01. The number of hydrogen-bond donors (Lipinski definition) is 2. The molecule has 27 heavy (non-hydrogen) atoms. The van der Waals surface area contributed by atoms with Crippen LogP contribution >= 0.6 is 11.6 Å². The maximum Gasteiger partial charge on any atom is 0.273 e. The van der Waals surface area contributed by atoms with Crippen LogP contribution in [0.2, 0.25) is 5.02 Å². The fourth-order valence-corrected chi connectivity index (χ4v) is 2.52. The van der Waals surface area contributed by atoms with Gasteiger partial charge in [0.2, 0.25) is 0 Å². The maximum atomic E-state index is 12.1. The van der Waals surface area contributed by atoms with E-state index >= 15 is 0 Å². The fourth-order valence-electron chi connectivity index (χ4n) is 2.40. The molecule has 2 amide bonds. The van der Waals surface area contributed by atoms with Gasteiger partial charge in [-0.1, -0.05) is 47.1 Å². The lowest BCUT2D eigenvalue weighted by Gasteiger charge is -2.06. The van der Waals surface area contributed by atoms with E-state index in [2.05, 4.69) is 20.9 Å². The van der Waals surface area contributed by atoms with Crippen molar-refractivity contribution in [1.29, 1.82) is 0 Å². The lowest BCUT2D eigenvalue weighted by atomic mass is 10.2. The van der Waals surface area contributed by atoms with Crippen LogP contribution < -0.4 is 10.6 Å². The number of nitrogens with zero attached hydrogens (tertiary/aromatic N) is 3. The molecule has 0 aliphatic rings. The SMILES string of the molecule is O=C(NCCNC(=O)c1cn(Cc2ccccc2)nn1)c1ccc(Cl)cc1. The van der Waals surface area contributed by atoms with Gasteiger partial charge in [-0.2, -0.15) is 0 Å². The Bertz CT molecular complexity index is 909. The molecule has 138 valence electrons. The van der Waals surface area contributed by atoms with E-state index in [0.717, 1.165) is 5.56 Å². The van der Waals surface area contributed by atoms with Gasteiger partial charge in [-0.15, -0.1) is 5.10 Å². The number of halogens is 1. The van der Waals surface area contributed by atoms with Crippen molar-refractivity contribution >= 4 is 23.4 Å². The standard InChI is InChI=1S/C19H18ClN5O2/c20-16-8-6-15(7-9-16)18(26)21-10-11-22-19(27)17-13-25(24-23-17)12-14-4-2-1-3-5-14/h1-9,13H,10-12H2,(H,21,26)(H,22,27). The summed E-state index contributed by atoms with van der Waals surface area (Å²) in [6.45, 7) is 1.12. The number of aromatic nitrogens is 3. The summed E-state index contributed by atoms with van der Waals surface area (Å²) >= 11 is 5.79. The van der Waals surface area contributed by atoms with Crippen LogP contribution in [-0.4, -0.2) is 39.9 Å². The van der Waals surface area contributed by atoms with E-state index < -0.39 is 0 Å². The van der Waals surface area contributed by atoms with Gasteiger partial charge in [-0.25, -0.2) is 4.68 Å². The molecule has 1 heterocycles. The van der Waals surface area contributed by atoms with Gasteiger partial charge in [0.15, 0.2) is 5.69 Å². The third kappa shape index (κ3) is 5.39. The van der Waals surface area contributed by atoms with Crippen LogP contribution in [0.1, 0.15) is 26.4 Å². The van der Waals surface area contributed by atoms with Crippen LogP contribution in [0, 0.1) is 0 Å². The molecule has 8 heteroatoms. The van der Waals surface area contributed by atoms with Gasteiger partial charge in [-0.3, -0.25) is 9.59 Å². The largest absolute Gasteiger partial charge is 0.350 e. The Balaban J connectivity index is 1.43. The lowest BCUT2D eigenvalue weighted by molar-refractivity contribution is 0.0925. The molecule has 0 radical (unpaired) electrons. The first-order valence-electron chi connectivity index (χ1n) is 8.38. The first kappa shape index (κ1) is 18.6. The smallest absolute Gasteiger partial charge is 0.273 e. The van der Waals surface area contributed by atoms with Crippen LogP contribution in [0.4, 0.5) is 0 Å². The van der Waals surface area contributed by atoms with Gasteiger partial charge in [0.05, 0.1) is 12.7 Å². The van der Waals surface area contributed by atoms with E-state index in [1.807, 2.05) is 30.3 Å². The van der Waals surface area contributed by atoms with Crippen LogP contribution in [0.25, 0.3) is 0 Å². The molecule has 2 aromatic carbocycles. The molecule has 0 saturated carbocycles. The number of hydrogen-bond acceptors (Lipinski definition) is 4. The summed E-state index contributed by atoms with van der Waals surface area (Å²) in [4.78, 5) is 24.1. The molecule has 0 aliphatic carbocycles. The van der Waals surface area contributed by atoms with Crippen LogP contribution in [0.5, 0.6) is 0 Å². The number of carbonyl (C=O) groups excluding carboxylic acids is 2. The normalized spacial score (nSPS) is 10.4. The zero-order chi connectivity index (χ0) is 19.1. The minimum absolute atomic E-state index is 0.227. The second-order valence-corrected chi connectivity index (χ2v) is 6.24. The number of rotatable bonds is 7. The molecular weight excluding hydrogens is 366 g/mol. The van der Waals surface area contributed by atoms with E-state index in [9.17, 15) is 9.59 Å². The van der Waals surface area contributed by atoms with Crippen molar-refractivity contribution in [2.24, 2.45) is 0 Å². The monoisotopic (exact) mass is 383 g/mol. The summed E-state index contributed by atoms with van der Waals surface area (Å²) in [5.41, 5.74) is 1.81. The Labute approximate surface area is 161 Å². The van der Waals surface area contributed by atoms with Crippen LogP contribution in [0.15, 0.2) is 60.8 Å². The molecule has 3 rings (SSSR count). The Morgan fingerprint density at radius 3 is 2.30 bits per heavy atom. The predicted octanol–water partition coefficient (Wildman–Crippen LogP) is 2.14. The van der Waals surface area contributed by atoms with Crippen molar-refractivity contribution in [3.05, 3.63) is 82.6 Å². The van der Waals surface area contributed by atoms with Crippen LogP contribution in [0.3, 0.4) is 0 Å². The number of nitrogens with one attached hydrogen (secondary N) is 2. The van der Waals surface area contributed by atoms with Crippen molar-refractivity contribution in [2.45, 2.75) is 6.54 Å². The zero-order valence-electron chi connectivity index (χ0n) is 14.4. The highest BCUT2D eigenvalue weighted by molar-refractivity contribution is 6.30. The molecule has 0 aliphatic heterocycles. The number of amides is 2. The minimum atomic E-state index is -0.338. The van der Waals surface area contributed by atoms with Crippen molar-refractivity contribution < 1.29 is 9.59 Å². The van der Waals surface area contributed by atoms with Crippen molar-refractivity contribution in [3.63, 3.8) is 0 Å². The van der Waals surface area contributed by atoms with Gasteiger partial charge in [0.1, 0.15) is 0 Å². The Kier molecular flexibility index (Phi) is 6.17. The predicted molar refractivity (Wildman–Crippen MR) is 102 cm³/mol. The Morgan fingerprint density at radius 2 is 1.59 bits per heavy atom. The van der Waals surface area contributed by atoms with Crippen molar-refractivity contribution in [3.8, 4) is 0 Å². The lowest BCUT2D eigenvalue weighted by Crippen LogP contribution is -2.34. The second kappa shape index (κ2) is 8.95. The maximum absolute atomic E-state index is 12.1. The molecule has 0 fully saturated rings. The fraction of sp³-hybridized carbons (Fsp3) is 0.158. The molecule has 3 aromatic rings. The van der Waals surface area contributed by atoms with E-state index in [0.29, 0.717) is 23.7 Å². The zero-order valence-corrected chi connectivity index (χ0v) is 15.2. The van der Waals surface area contributed by atoms with E-state index in [4.69, 9.17) is 11.6 Å². The van der Waals surface area contributed by atoms with E-state index in [-0.39, 0.29) is 24.1 Å². The van der Waals surface area contributed by atoms with E-state index in [1.54, 1.807) is 35.1 Å². The summed E-state index contributed by atoms with van der Waals surface area (Å²) in [6.07, 6.45) is 1.59.